The van der Waals surface area contributed by atoms with Crippen molar-refractivity contribution in [1.82, 2.24) is 0 Å². The summed E-state index contributed by atoms with van der Waals surface area (Å²) in [6, 6.07) is 5.91. The van der Waals surface area contributed by atoms with Crippen molar-refractivity contribution in [1.29, 1.82) is 0 Å². The zero-order chi connectivity index (χ0) is 17.2. The van der Waals surface area contributed by atoms with Gasteiger partial charge in [0.05, 0.1) is 0 Å². The summed E-state index contributed by atoms with van der Waals surface area (Å²) in [5.74, 6) is 1.45. The fraction of sp³-hybridized carbons (Fsp3) is 0.647. The molecule has 0 radical (unpaired) electrons. The summed E-state index contributed by atoms with van der Waals surface area (Å²) in [5, 5.41) is 1.01. The Morgan fingerprint density at radius 3 is 1.64 bits per heavy atom. The van der Waals surface area contributed by atoms with E-state index < -0.39 is 8.56 Å². The molecule has 0 saturated heterocycles. The van der Waals surface area contributed by atoms with Gasteiger partial charge >= 0.3 is 8.56 Å². The molecule has 22 heavy (non-hydrogen) atoms. The maximum absolute atomic E-state index is 6.09. The maximum atomic E-state index is 6.09. The van der Waals surface area contributed by atoms with Gasteiger partial charge < -0.3 is 18.3 Å². The van der Waals surface area contributed by atoms with Crippen LogP contribution < -0.4 is 14.7 Å². The lowest BCUT2D eigenvalue weighted by molar-refractivity contribution is 0.0958. The highest BCUT2D eigenvalue weighted by molar-refractivity contribution is 6.79. The molecule has 5 heteroatoms. The van der Waals surface area contributed by atoms with Crippen LogP contribution in [0.2, 0.25) is 6.55 Å². The Bertz CT molecular complexity index is 496. The Kier molecular flexibility index (Phi) is 5.70. The third-order valence-corrected chi connectivity index (χ3v) is 6.00. The Morgan fingerprint density at radius 1 is 0.773 bits per heavy atom. The molecule has 0 aliphatic rings. The molecule has 0 spiro atoms. The van der Waals surface area contributed by atoms with E-state index in [1.54, 1.807) is 14.2 Å². The first-order valence-electron chi connectivity index (χ1n) is 7.53. The Morgan fingerprint density at radius 2 is 1.23 bits per heavy atom. The Labute approximate surface area is 136 Å². The van der Waals surface area contributed by atoms with Gasteiger partial charge in [0.15, 0.2) is 11.5 Å². The predicted octanol–water partition coefficient (Wildman–Crippen LogP) is 3.61. The van der Waals surface area contributed by atoms with Gasteiger partial charge in [-0.3, -0.25) is 0 Å². The molecule has 0 heterocycles. The van der Waals surface area contributed by atoms with Crippen molar-refractivity contribution in [2.75, 3.05) is 14.2 Å². The van der Waals surface area contributed by atoms with Gasteiger partial charge in [0.25, 0.3) is 0 Å². The molecule has 0 aromatic heterocycles. The van der Waals surface area contributed by atoms with Crippen LogP contribution in [0, 0.1) is 0 Å². The molecule has 126 valence electrons. The zero-order valence-electron chi connectivity index (χ0n) is 15.4. The molecule has 0 unspecified atom stereocenters. The van der Waals surface area contributed by atoms with Crippen LogP contribution in [0.25, 0.3) is 0 Å². The average molecular weight is 327 g/mol. The average Bonchev–Trinajstić information content (AvgIpc) is 2.36. The minimum absolute atomic E-state index is 0.291. The molecule has 1 aromatic carbocycles. The van der Waals surface area contributed by atoms with E-state index >= 15 is 0 Å². The van der Waals surface area contributed by atoms with Crippen molar-refractivity contribution in [2.45, 2.75) is 59.3 Å². The predicted molar refractivity (Wildman–Crippen MR) is 92.5 cm³/mol. The monoisotopic (exact) mass is 326 g/mol. The normalized spacial score (nSPS) is 13.1. The molecule has 0 saturated carbocycles. The van der Waals surface area contributed by atoms with Crippen molar-refractivity contribution in [3.63, 3.8) is 0 Å². The van der Waals surface area contributed by atoms with Crippen molar-refractivity contribution < 1.29 is 18.3 Å². The molecule has 0 amide bonds. The molecular weight excluding hydrogens is 296 g/mol. The number of hydrogen-bond acceptors (Lipinski definition) is 4. The highest BCUT2D eigenvalue weighted by Crippen LogP contribution is 2.32. The van der Waals surface area contributed by atoms with Crippen LogP contribution in [0.15, 0.2) is 18.2 Å². The lowest BCUT2D eigenvalue weighted by atomic mass is 10.1. The smallest absolute Gasteiger partial charge is 0.368 e. The van der Waals surface area contributed by atoms with Gasteiger partial charge in [-0.1, -0.05) is 6.07 Å². The van der Waals surface area contributed by atoms with Crippen LogP contribution in [0.1, 0.15) is 41.5 Å². The fourth-order valence-electron chi connectivity index (χ4n) is 1.93. The second-order valence-electron chi connectivity index (χ2n) is 7.44. The first-order chi connectivity index (χ1) is 9.90. The summed E-state index contributed by atoms with van der Waals surface area (Å²) in [7, 11) is 0.963. The largest absolute Gasteiger partial charge is 0.484 e. The number of benzene rings is 1. The molecular formula is C17H30O4Si. The molecule has 4 nitrogen and oxygen atoms in total. The van der Waals surface area contributed by atoms with E-state index in [-0.39, 0.29) is 11.2 Å². The van der Waals surface area contributed by atoms with Crippen LogP contribution in [0.3, 0.4) is 0 Å². The van der Waals surface area contributed by atoms with E-state index in [1.165, 1.54) is 0 Å². The van der Waals surface area contributed by atoms with Crippen molar-refractivity contribution >= 4 is 13.7 Å². The first-order valence-corrected chi connectivity index (χ1v) is 9.85. The van der Waals surface area contributed by atoms with Gasteiger partial charge in [-0.15, -0.1) is 0 Å². The van der Waals surface area contributed by atoms with Crippen LogP contribution in [-0.4, -0.2) is 34.0 Å². The third-order valence-electron chi connectivity index (χ3n) is 3.08. The molecule has 0 aliphatic heterocycles. The molecule has 0 aliphatic carbocycles. The van der Waals surface area contributed by atoms with Crippen molar-refractivity contribution in [3.05, 3.63) is 18.2 Å². The summed E-state index contributed by atoms with van der Waals surface area (Å²) in [6.45, 7) is 14.1. The second kappa shape index (κ2) is 6.60. The standard InChI is InChI=1S/C17H30O4Si/c1-16(2,3)20-14-11-10-13(22(9,18-7)19-8)12-15(14)21-17(4,5)6/h10-12H,1-9H3. The van der Waals surface area contributed by atoms with E-state index in [4.69, 9.17) is 18.3 Å². The Balaban J connectivity index is 3.31. The lowest BCUT2D eigenvalue weighted by Gasteiger charge is -2.29. The number of hydrogen-bond donors (Lipinski definition) is 0. The zero-order valence-corrected chi connectivity index (χ0v) is 16.4. The summed E-state index contributed by atoms with van der Waals surface area (Å²) in [4.78, 5) is 0. The van der Waals surface area contributed by atoms with Crippen LogP contribution in [0.4, 0.5) is 0 Å². The van der Waals surface area contributed by atoms with Crippen molar-refractivity contribution in [3.8, 4) is 11.5 Å². The van der Waals surface area contributed by atoms with Crippen LogP contribution >= 0.6 is 0 Å². The first kappa shape index (κ1) is 19.0. The molecule has 1 rings (SSSR count). The van der Waals surface area contributed by atoms with Gasteiger partial charge in [0.2, 0.25) is 0 Å². The van der Waals surface area contributed by atoms with Crippen LogP contribution in [-0.2, 0) is 8.85 Å². The topological polar surface area (TPSA) is 36.9 Å². The fourth-order valence-corrected chi connectivity index (χ4v) is 3.35. The highest BCUT2D eigenvalue weighted by Gasteiger charge is 2.33. The molecule has 0 bridgehead atoms. The van der Waals surface area contributed by atoms with Gasteiger partial charge in [0.1, 0.15) is 11.2 Å². The minimum Gasteiger partial charge on any atom is -0.484 e. The van der Waals surface area contributed by atoms with E-state index in [2.05, 4.69) is 0 Å². The summed E-state index contributed by atoms with van der Waals surface area (Å²) >= 11 is 0. The van der Waals surface area contributed by atoms with Gasteiger partial charge in [0, 0.05) is 14.2 Å². The third kappa shape index (κ3) is 5.30. The van der Waals surface area contributed by atoms with E-state index in [9.17, 15) is 0 Å². The summed E-state index contributed by atoms with van der Waals surface area (Å²) in [5.41, 5.74) is -0.604. The molecule has 0 N–H and O–H groups in total. The number of rotatable bonds is 5. The summed E-state index contributed by atoms with van der Waals surface area (Å²) in [6.07, 6.45) is 0. The summed E-state index contributed by atoms with van der Waals surface area (Å²) < 4.78 is 23.4. The lowest BCUT2D eigenvalue weighted by Crippen LogP contribution is -2.49. The van der Waals surface area contributed by atoms with Crippen LogP contribution in [0.5, 0.6) is 11.5 Å². The Hall–Kier alpha value is -1.04. The SMILES string of the molecule is CO[Si](C)(OC)c1ccc(OC(C)(C)C)c(OC(C)(C)C)c1. The maximum Gasteiger partial charge on any atom is 0.368 e. The van der Waals surface area contributed by atoms with Crippen molar-refractivity contribution in [2.24, 2.45) is 0 Å². The van der Waals surface area contributed by atoms with E-state index in [1.807, 2.05) is 66.3 Å². The van der Waals surface area contributed by atoms with Gasteiger partial charge in [-0.25, -0.2) is 0 Å². The molecule has 0 fully saturated rings. The molecule has 0 atom stereocenters. The van der Waals surface area contributed by atoms with E-state index in [0.717, 1.165) is 10.9 Å². The highest BCUT2D eigenvalue weighted by atomic mass is 28.4. The van der Waals surface area contributed by atoms with E-state index in [0.29, 0.717) is 5.75 Å². The molecule has 1 aromatic rings. The number of ether oxygens (including phenoxy) is 2. The quantitative estimate of drug-likeness (QED) is 0.775. The minimum atomic E-state index is -2.40. The van der Waals surface area contributed by atoms with Gasteiger partial charge in [-0.2, -0.15) is 0 Å². The van der Waals surface area contributed by atoms with Gasteiger partial charge in [-0.05, 0) is 65.4 Å². The second-order valence-corrected chi connectivity index (χ2v) is 10.7.